The lowest BCUT2D eigenvalue weighted by Crippen LogP contribution is -2.29. The predicted molar refractivity (Wildman–Crippen MR) is 91.7 cm³/mol. The van der Waals surface area contributed by atoms with E-state index >= 15 is 0 Å². The number of hydrogen-bond acceptors (Lipinski definition) is 3. The van der Waals surface area contributed by atoms with E-state index in [0.717, 1.165) is 16.7 Å². The maximum Gasteiger partial charge on any atom is 0.387 e. The Morgan fingerprint density at radius 2 is 2.17 bits per heavy atom. The van der Waals surface area contributed by atoms with Crippen molar-refractivity contribution in [3.63, 3.8) is 0 Å². The molecule has 0 bridgehead atoms. The number of hydrogen-bond donors (Lipinski definition) is 2. The van der Waals surface area contributed by atoms with Crippen molar-refractivity contribution in [1.29, 1.82) is 0 Å². The summed E-state index contributed by atoms with van der Waals surface area (Å²) in [5.41, 5.74) is 1.31. The Labute approximate surface area is 146 Å². The molecule has 2 aromatic rings. The molecule has 0 aliphatic heterocycles. The molecule has 2 rings (SSSR count). The number of aromatic nitrogens is 2. The molecule has 1 aromatic heterocycles. The molecule has 124 valence electrons. The Morgan fingerprint density at radius 1 is 1.43 bits per heavy atom. The van der Waals surface area contributed by atoms with Gasteiger partial charge >= 0.3 is 6.61 Å². The number of rotatable bonds is 6. The van der Waals surface area contributed by atoms with Crippen LogP contribution in [0.2, 0.25) is 0 Å². The summed E-state index contributed by atoms with van der Waals surface area (Å²) in [7, 11) is 0. The van der Waals surface area contributed by atoms with Gasteiger partial charge < -0.3 is 15.4 Å². The molecule has 0 saturated heterocycles. The van der Waals surface area contributed by atoms with E-state index in [9.17, 15) is 8.78 Å². The van der Waals surface area contributed by atoms with Crippen LogP contribution in [-0.2, 0) is 13.1 Å². The molecule has 5 nitrogen and oxygen atoms in total. The molecule has 23 heavy (non-hydrogen) atoms. The maximum absolute atomic E-state index is 12.4. The van der Waals surface area contributed by atoms with E-state index in [-0.39, 0.29) is 5.75 Å². The summed E-state index contributed by atoms with van der Waals surface area (Å²) >= 11 is 8.62. The second-order valence-corrected chi connectivity index (χ2v) is 5.70. The number of anilines is 1. The number of nitrogens with zero attached hydrogens (tertiary/aromatic N) is 2. The molecular formula is C14H15BrF2N4OS. The minimum atomic E-state index is -2.89. The van der Waals surface area contributed by atoms with E-state index in [1.165, 1.54) is 6.07 Å². The topological polar surface area (TPSA) is 51.1 Å². The molecule has 0 unspecified atom stereocenters. The van der Waals surface area contributed by atoms with Crippen molar-refractivity contribution < 1.29 is 13.5 Å². The van der Waals surface area contributed by atoms with Crippen molar-refractivity contribution in [1.82, 2.24) is 15.1 Å². The van der Waals surface area contributed by atoms with Crippen LogP contribution in [-0.4, -0.2) is 21.5 Å². The smallest absolute Gasteiger partial charge is 0.387 e. The highest BCUT2D eigenvalue weighted by molar-refractivity contribution is 9.10. The molecule has 0 aliphatic rings. The highest BCUT2D eigenvalue weighted by Crippen LogP contribution is 2.25. The standard InChI is InChI=1S/C14H15BrF2N4OS/c1-2-21-11(9(15)7-19-21)8-18-14(23)20-10-5-3-4-6-12(10)22-13(16)17/h3-7,13H,2,8H2,1H3,(H2,18,20,23). The van der Waals surface area contributed by atoms with Crippen LogP contribution < -0.4 is 15.4 Å². The molecule has 0 atom stereocenters. The van der Waals surface area contributed by atoms with Gasteiger partial charge in [-0.1, -0.05) is 12.1 Å². The molecule has 0 fully saturated rings. The normalized spacial score (nSPS) is 10.7. The maximum atomic E-state index is 12.4. The average Bonchev–Trinajstić information content (AvgIpc) is 2.87. The van der Waals surface area contributed by atoms with Crippen molar-refractivity contribution in [3.05, 3.63) is 40.6 Å². The molecule has 1 aromatic carbocycles. The van der Waals surface area contributed by atoms with Gasteiger partial charge in [-0.15, -0.1) is 0 Å². The third-order valence-corrected chi connectivity index (χ3v) is 3.87. The highest BCUT2D eigenvalue weighted by Gasteiger charge is 2.11. The van der Waals surface area contributed by atoms with Crippen LogP contribution in [0, 0.1) is 0 Å². The number of nitrogens with one attached hydrogen (secondary N) is 2. The van der Waals surface area contributed by atoms with E-state index in [4.69, 9.17) is 12.2 Å². The SMILES string of the molecule is CCn1ncc(Br)c1CNC(=S)Nc1ccccc1OC(F)F. The fourth-order valence-electron chi connectivity index (χ4n) is 1.94. The summed E-state index contributed by atoms with van der Waals surface area (Å²) in [5, 5.41) is 10.4. The fraction of sp³-hybridized carbons (Fsp3) is 0.286. The van der Waals surface area contributed by atoms with Crippen molar-refractivity contribution in [2.75, 3.05) is 5.32 Å². The van der Waals surface area contributed by atoms with Crippen LogP contribution in [0.1, 0.15) is 12.6 Å². The van der Waals surface area contributed by atoms with Crippen LogP contribution >= 0.6 is 28.1 Å². The number of thiocarbonyl (C=S) groups is 1. The molecule has 0 aliphatic carbocycles. The second-order valence-electron chi connectivity index (χ2n) is 4.44. The van der Waals surface area contributed by atoms with Crippen LogP contribution in [0.15, 0.2) is 34.9 Å². The lowest BCUT2D eigenvalue weighted by atomic mass is 10.3. The van der Waals surface area contributed by atoms with Crippen LogP contribution in [0.3, 0.4) is 0 Å². The van der Waals surface area contributed by atoms with Gasteiger partial charge in [0.1, 0.15) is 5.75 Å². The second kappa shape index (κ2) is 8.21. The number of ether oxygens (including phenoxy) is 1. The number of alkyl halides is 2. The zero-order valence-corrected chi connectivity index (χ0v) is 14.6. The number of para-hydroxylation sites is 2. The van der Waals surface area contributed by atoms with Crippen LogP contribution in [0.25, 0.3) is 0 Å². The van der Waals surface area contributed by atoms with Crippen molar-refractivity contribution >= 4 is 38.9 Å². The van der Waals surface area contributed by atoms with Gasteiger partial charge in [0.05, 0.1) is 28.6 Å². The van der Waals surface area contributed by atoms with E-state index < -0.39 is 6.61 Å². The van der Waals surface area contributed by atoms with E-state index in [0.29, 0.717) is 17.3 Å². The number of aryl methyl sites for hydroxylation is 1. The summed E-state index contributed by atoms with van der Waals surface area (Å²) in [4.78, 5) is 0. The zero-order valence-electron chi connectivity index (χ0n) is 12.2. The Balaban J connectivity index is 1.99. The van der Waals surface area contributed by atoms with Gasteiger partial charge in [0.2, 0.25) is 0 Å². The predicted octanol–water partition coefficient (Wildman–Crippen LogP) is 3.75. The Hall–Kier alpha value is -1.74. The molecule has 9 heteroatoms. The Bertz CT molecular complexity index is 681. The molecule has 1 heterocycles. The fourth-order valence-corrected chi connectivity index (χ4v) is 2.55. The quantitative estimate of drug-likeness (QED) is 0.717. The van der Waals surface area contributed by atoms with E-state index in [1.54, 1.807) is 24.4 Å². The van der Waals surface area contributed by atoms with Crippen LogP contribution in [0.4, 0.5) is 14.5 Å². The van der Waals surface area contributed by atoms with Gasteiger partial charge in [-0.25, -0.2) is 0 Å². The zero-order chi connectivity index (χ0) is 16.8. The van der Waals surface area contributed by atoms with Gasteiger partial charge in [0, 0.05) is 6.54 Å². The molecule has 0 radical (unpaired) electrons. The van der Waals surface area contributed by atoms with Gasteiger partial charge in [-0.2, -0.15) is 13.9 Å². The number of halogens is 3. The Kier molecular flexibility index (Phi) is 6.28. The summed E-state index contributed by atoms with van der Waals surface area (Å²) < 4.78 is 31.9. The van der Waals surface area contributed by atoms with Crippen molar-refractivity contribution in [3.8, 4) is 5.75 Å². The average molecular weight is 405 g/mol. The molecule has 0 saturated carbocycles. The minimum Gasteiger partial charge on any atom is -0.433 e. The monoisotopic (exact) mass is 404 g/mol. The first-order valence-electron chi connectivity index (χ1n) is 6.80. The summed E-state index contributed by atoms with van der Waals surface area (Å²) in [6.45, 7) is 0.262. The van der Waals surface area contributed by atoms with Gasteiger partial charge in [-0.05, 0) is 47.2 Å². The molecule has 0 amide bonds. The lowest BCUT2D eigenvalue weighted by Gasteiger charge is -2.14. The summed E-state index contributed by atoms with van der Waals surface area (Å²) in [6.07, 6.45) is 1.71. The summed E-state index contributed by atoms with van der Waals surface area (Å²) in [5.74, 6) is 0.0337. The molecule has 2 N–H and O–H groups in total. The van der Waals surface area contributed by atoms with E-state index in [1.807, 2.05) is 11.6 Å². The Morgan fingerprint density at radius 3 is 2.87 bits per heavy atom. The third kappa shape index (κ3) is 4.87. The molecular weight excluding hydrogens is 390 g/mol. The first kappa shape index (κ1) is 17.6. The minimum absolute atomic E-state index is 0.0337. The van der Waals surface area contributed by atoms with Crippen molar-refractivity contribution in [2.24, 2.45) is 0 Å². The summed E-state index contributed by atoms with van der Waals surface area (Å²) in [6, 6.07) is 6.36. The number of benzene rings is 1. The highest BCUT2D eigenvalue weighted by atomic mass is 79.9. The van der Waals surface area contributed by atoms with Gasteiger partial charge in [0.25, 0.3) is 0 Å². The van der Waals surface area contributed by atoms with Gasteiger partial charge in [-0.3, -0.25) is 4.68 Å². The van der Waals surface area contributed by atoms with E-state index in [2.05, 4.69) is 36.4 Å². The van der Waals surface area contributed by atoms with Crippen LogP contribution in [0.5, 0.6) is 5.75 Å². The molecule has 0 spiro atoms. The largest absolute Gasteiger partial charge is 0.433 e. The van der Waals surface area contributed by atoms with Crippen molar-refractivity contribution in [2.45, 2.75) is 26.6 Å². The third-order valence-electron chi connectivity index (χ3n) is 2.96. The first-order chi connectivity index (χ1) is 11.0. The first-order valence-corrected chi connectivity index (χ1v) is 8.00. The lowest BCUT2D eigenvalue weighted by molar-refractivity contribution is -0.0493. The van der Waals surface area contributed by atoms with Gasteiger partial charge in [0.15, 0.2) is 5.11 Å².